The van der Waals surface area contributed by atoms with Gasteiger partial charge in [0.05, 0.1) is 11.1 Å². The van der Waals surface area contributed by atoms with Crippen LogP contribution < -0.4 is 4.74 Å². The van der Waals surface area contributed by atoms with Crippen molar-refractivity contribution in [3.05, 3.63) is 28.8 Å². The van der Waals surface area contributed by atoms with Crippen LogP contribution in [0.5, 0.6) is 5.75 Å². The van der Waals surface area contributed by atoms with Crippen LogP contribution >= 0.6 is 11.6 Å². The van der Waals surface area contributed by atoms with Gasteiger partial charge in [-0.2, -0.15) is 0 Å². The van der Waals surface area contributed by atoms with E-state index >= 15 is 0 Å². The van der Waals surface area contributed by atoms with E-state index in [9.17, 15) is 18.3 Å². The van der Waals surface area contributed by atoms with Gasteiger partial charge in [0, 0.05) is 0 Å². The van der Waals surface area contributed by atoms with E-state index in [-0.39, 0.29) is 22.8 Å². The molecule has 0 radical (unpaired) electrons. The maximum Gasteiger partial charge on any atom is 0.573 e. The van der Waals surface area contributed by atoms with Crippen LogP contribution in [-0.2, 0) is 0 Å². The molecule has 0 amide bonds. The van der Waals surface area contributed by atoms with Crippen LogP contribution in [0.4, 0.5) is 13.2 Å². The second-order valence-electron chi connectivity index (χ2n) is 4.74. The molecule has 1 aromatic rings. The van der Waals surface area contributed by atoms with Crippen molar-refractivity contribution in [3.8, 4) is 5.75 Å². The Morgan fingerprint density at radius 2 is 1.79 bits per heavy atom. The van der Waals surface area contributed by atoms with Crippen molar-refractivity contribution >= 4 is 11.6 Å². The molecule has 1 aliphatic carbocycles. The van der Waals surface area contributed by atoms with Crippen molar-refractivity contribution in [2.75, 3.05) is 0 Å². The molecule has 0 atom stereocenters. The third-order valence-electron chi connectivity index (χ3n) is 3.35. The van der Waals surface area contributed by atoms with Crippen molar-refractivity contribution in [2.45, 2.75) is 44.1 Å². The minimum atomic E-state index is -4.74. The van der Waals surface area contributed by atoms with Crippen LogP contribution in [0.2, 0.25) is 5.02 Å². The van der Waals surface area contributed by atoms with Gasteiger partial charge in [-0.25, -0.2) is 0 Å². The lowest BCUT2D eigenvalue weighted by Crippen LogP contribution is -2.18. The van der Waals surface area contributed by atoms with Gasteiger partial charge in [-0.15, -0.1) is 13.2 Å². The monoisotopic (exact) mass is 294 g/mol. The van der Waals surface area contributed by atoms with E-state index in [1.807, 2.05) is 0 Å². The molecule has 0 heterocycles. The molecule has 1 aliphatic rings. The normalized spacial score (nSPS) is 24.3. The summed E-state index contributed by atoms with van der Waals surface area (Å²) < 4.78 is 40.2. The highest BCUT2D eigenvalue weighted by molar-refractivity contribution is 6.32. The Bertz CT molecular complexity index is 440. The Labute approximate surface area is 114 Å². The highest BCUT2D eigenvalue weighted by Gasteiger charge is 2.32. The molecule has 0 saturated heterocycles. The molecule has 1 aromatic carbocycles. The molecular weight excluding hydrogens is 281 g/mol. The van der Waals surface area contributed by atoms with E-state index in [0.717, 1.165) is 18.4 Å². The summed E-state index contributed by atoms with van der Waals surface area (Å²) in [6, 6.07) is 4.37. The topological polar surface area (TPSA) is 29.5 Å². The number of benzene rings is 1. The Hall–Kier alpha value is -0.940. The zero-order valence-corrected chi connectivity index (χ0v) is 10.8. The zero-order chi connectivity index (χ0) is 14.0. The predicted molar refractivity (Wildman–Crippen MR) is 65.4 cm³/mol. The number of ether oxygens (including phenoxy) is 1. The van der Waals surface area contributed by atoms with E-state index < -0.39 is 6.36 Å². The van der Waals surface area contributed by atoms with Gasteiger partial charge in [0.25, 0.3) is 0 Å². The number of alkyl halides is 3. The number of aliphatic hydroxyl groups is 1. The van der Waals surface area contributed by atoms with E-state index in [2.05, 4.69) is 4.74 Å². The predicted octanol–water partition coefficient (Wildman–Crippen LogP) is 4.26. The molecule has 2 nitrogen and oxygen atoms in total. The molecule has 2 rings (SSSR count). The maximum absolute atomic E-state index is 12.1. The van der Waals surface area contributed by atoms with Crippen LogP contribution in [-0.4, -0.2) is 17.6 Å². The fourth-order valence-corrected chi connectivity index (χ4v) is 2.62. The van der Waals surface area contributed by atoms with E-state index in [1.165, 1.54) is 12.1 Å². The molecule has 19 heavy (non-hydrogen) atoms. The molecule has 0 unspecified atom stereocenters. The highest BCUT2D eigenvalue weighted by Crippen LogP contribution is 2.37. The van der Waals surface area contributed by atoms with E-state index in [0.29, 0.717) is 12.8 Å². The van der Waals surface area contributed by atoms with Crippen LogP contribution in [0, 0.1) is 0 Å². The van der Waals surface area contributed by atoms with Gasteiger partial charge in [0.2, 0.25) is 0 Å². The number of rotatable bonds is 2. The summed E-state index contributed by atoms with van der Waals surface area (Å²) in [6.07, 6.45) is -1.94. The lowest BCUT2D eigenvalue weighted by Gasteiger charge is -2.26. The van der Waals surface area contributed by atoms with Gasteiger partial charge in [0.15, 0.2) is 0 Å². The first-order valence-corrected chi connectivity index (χ1v) is 6.46. The van der Waals surface area contributed by atoms with Gasteiger partial charge in [-0.3, -0.25) is 0 Å². The summed E-state index contributed by atoms with van der Waals surface area (Å²) >= 11 is 5.81. The van der Waals surface area contributed by atoms with E-state index in [1.54, 1.807) is 6.07 Å². The van der Waals surface area contributed by atoms with Crippen LogP contribution in [0.25, 0.3) is 0 Å². The summed E-state index contributed by atoms with van der Waals surface area (Å²) in [6.45, 7) is 0. The molecule has 106 valence electrons. The summed E-state index contributed by atoms with van der Waals surface area (Å²) in [7, 11) is 0. The second-order valence-corrected chi connectivity index (χ2v) is 5.15. The molecule has 0 aromatic heterocycles. The number of hydrogen-bond acceptors (Lipinski definition) is 2. The Kier molecular flexibility index (Phi) is 4.26. The molecule has 1 fully saturated rings. The average Bonchev–Trinajstić information content (AvgIpc) is 2.31. The summed E-state index contributed by atoms with van der Waals surface area (Å²) in [5.41, 5.74) is 0.895. The van der Waals surface area contributed by atoms with Gasteiger partial charge >= 0.3 is 6.36 Å². The van der Waals surface area contributed by atoms with Crippen LogP contribution in [0.15, 0.2) is 18.2 Å². The van der Waals surface area contributed by atoms with Crippen molar-refractivity contribution in [1.29, 1.82) is 0 Å². The SMILES string of the molecule is O[C@H]1CC[C@H](c2ccc(OC(F)(F)F)c(Cl)c2)CC1. The third kappa shape index (κ3) is 4.01. The molecule has 0 bridgehead atoms. The largest absolute Gasteiger partial charge is 0.573 e. The third-order valence-corrected chi connectivity index (χ3v) is 3.65. The van der Waals surface area contributed by atoms with Gasteiger partial charge < -0.3 is 9.84 Å². The quantitative estimate of drug-likeness (QED) is 0.883. The smallest absolute Gasteiger partial charge is 0.404 e. The Balaban J connectivity index is 2.10. The van der Waals surface area contributed by atoms with Crippen molar-refractivity contribution in [3.63, 3.8) is 0 Å². The summed E-state index contributed by atoms with van der Waals surface area (Å²) in [4.78, 5) is 0. The summed E-state index contributed by atoms with van der Waals surface area (Å²) in [5.74, 6) is -0.144. The van der Waals surface area contributed by atoms with Crippen molar-refractivity contribution in [1.82, 2.24) is 0 Å². The molecule has 1 saturated carbocycles. The van der Waals surface area contributed by atoms with Crippen molar-refractivity contribution < 1.29 is 23.0 Å². The Morgan fingerprint density at radius 1 is 1.16 bits per heavy atom. The van der Waals surface area contributed by atoms with Gasteiger partial charge in [-0.05, 0) is 49.3 Å². The first kappa shape index (κ1) is 14.5. The molecular formula is C13H14ClF3O2. The first-order chi connectivity index (χ1) is 8.85. The molecule has 0 aliphatic heterocycles. The highest BCUT2D eigenvalue weighted by atomic mass is 35.5. The van der Waals surface area contributed by atoms with Crippen LogP contribution in [0.1, 0.15) is 37.2 Å². The molecule has 1 N–H and O–H groups in total. The molecule has 6 heteroatoms. The lowest BCUT2D eigenvalue weighted by molar-refractivity contribution is -0.274. The number of hydrogen-bond donors (Lipinski definition) is 1. The number of aliphatic hydroxyl groups excluding tert-OH is 1. The minimum Gasteiger partial charge on any atom is -0.404 e. The average molecular weight is 295 g/mol. The summed E-state index contributed by atoms with van der Waals surface area (Å²) in [5, 5.41) is 9.39. The first-order valence-electron chi connectivity index (χ1n) is 6.08. The van der Waals surface area contributed by atoms with E-state index in [4.69, 9.17) is 11.6 Å². The number of halogens is 4. The van der Waals surface area contributed by atoms with Gasteiger partial charge in [-0.1, -0.05) is 17.7 Å². The second kappa shape index (κ2) is 5.59. The maximum atomic E-state index is 12.1. The van der Waals surface area contributed by atoms with Crippen LogP contribution in [0.3, 0.4) is 0 Å². The Morgan fingerprint density at radius 3 is 2.32 bits per heavy atom. The van der Waals surface area contributed by atoms with Crippen molar-refractivity contribution in [2.24, 2.45) is 0 Å². The zero-order valence-electron chi connectivity index (χ0n) is 10.1. The minimum absolute atomic E-state index is 0.0408. The molecule has 0 spiro atoms. The lowest BCUT2D eigenvalue weighted by atomic mass is 9.83. The fraction of sp³-hybridized carbons (Fsp3) is 0.538. The fourth-order valence-electron chi connectivity index (χ4n) is 2.39. The van der Waals surface area contributed by atoms with Gasteiger partial charge in [0.1, 0.15) is 5.75 Å². The standard InChI is InChI=1S/C13H14ClF3O2/c14-11-7-9(8-1-4-10(18)5-2-8)3-6-12(11)19-13(15,16)17/h3,6-8,10,18H,1-2,4-5H2/t8-,10-.